The Balaban J connectivity index is 2.24. The van der Waals surface area contributed by atoms with Crippen LogP contribution in [-0.2, 0) is 4.74 Å². The number of nitrogens with one attached hydrogen (secondary N) is 1. The Morgan fingerprint density at radius 1 is 1.65 bits per heavy atom. The molecule has 5 atom stereocenters. The summed E-state index contributed by atoms with van der Waals surface area (Å²) in [5.74, 6) is 3.27. The molecule has 5 N–H and O–H groups in total. The molecule has 0 amide bonds. The van der Waals surface area contributed by atoms with Gasteiger partial charge in [0.15, 0.2) is 22.6 Å². The van der Waals surface area contributed by atoms with Crippen LogP contribution < -0.4 is 11.3 Å². The van der Waals surface area contributed by atoms with Gasteiger partial charge in [-0.05, 0) is 6.92 Å². The van der Waals surface area contributed by atoms with E-state index in [1.54, 1.807) is 0 Å². The van der Waals surface area contributed by atoms with E-state index in [9.17, 15) is 23.8 Å². The zero-order valence-electron chi connectivity index (χ0n) is 13.4. The number of aromatic nitrogens is 3. The minimum Gasteiger partial charge on any atom is -0.391 e. The molecule has 1 fully saturated rings. The van der Waals surface area contributed by atoms with Gasteiger partial charge < -0.3 is 20.7 Å². The molecule has 8 nitrogen and oxygen atoms in total. The fourth-order valence-electron chi connectivity index (χ4n) is 2.96. The Kier molecular flexibility index (Phi) is 4.66. The molecule has 140 valence electrons. The number of ether oxygens (including phenoxy) is 1. The molecular formula is C15H15ClF2N4O4. The van der Waals surface area contributed by atoms with Crippen molar-refractivity contribution in [3.8, 4) is 11.8 Å². The van der Waals surface area contributed by atoms with Gasteiger partial charge in [-0.15, -0.1) is 0 Å². The van der Waals surface area contributed by atoms with Crippen LogP contribution in [0.4, 0.5) is 14.7 Å². The first-order valence-corrected chi connectivity index (χ1v) is 7.90. The number of hydrogen-bond donors (Lipinski definition) is 4. The molecule has 0 radical (unpaired) electrons. The highest BCUT2D eigenvalue weighted by Gasteiger charge is 2.57. The second-order valence-corrected chi connectivity index (χ2v) is 6.50. The fourth-order valence-corrected chi connectivity index (χ4v) is 3.31. The molecule has 1 unspecified atom stereocenters. The monoisotopic (exact) mass is 388 g/mol. The molecule has 2 aromatic heterocycles. The van der Waals surface area contributed by atoms with Crippen molar-refractivity contribution in [2.75, 3.05) is 12.4 Å². The first-order chi connectivity index (χ1) is 12.2. The van der Waals surface area contributed by atoms with Crippen molar-refractivity contribution in [3.05, 3.63) is 22.4 Å². The normalized spacial score (nSPS) is 29.5. The van der Waals surface area contributed by atoms with E-state index in [1.807, 2.05) is 0 Å². The van der Waals surface area contributed by atoms with Gasteiger partial charge in [0.2, 0.25) is 5.95 Å². The van der Waals surface area contributed by atoms with Gasteiger partial charge >= 0.3 is 0 Å². The van der Waals surface area contributed by atoms with Gasteiger partial charge in [-0.25, -0.2) is 8.78 Å². The minimum absolute atomic E-state index is 0.195. The summed E-state index contributed by atoms with van der Waals surface area (Å²) in [7, 11) is 0. The topological polar surface area (TPSA) is 126 Å². The maximum Gasteiger partial charge on any atom is 0.264 e. The molecule has 3 rings (SSSR count). The van der Waals surface area contributed by atoms with Crippen LogP contribution in [0.5, 0.6) is 0 Å². The Morgan fingerprint density at radius 2 is 2.35 bits per heavy atom. The van der Waals surface area contributed by atoms with Gasteiger partial charge in [0.25, 0.3) is 5.56 Å². The van der Waals surface area contributed by atoms with Crippen molar-refractivity contribution in [2.24, 2.45) is 0 Å². The van der Waals surface area contributed by atoms with E-state index >= 15 is 0 Å². The molecule has 0 aliphatic carbocycles. The smallest absolute Gasteiger partial charge is 0.264 e. The number of aliphatic hydroxyl groups excluding tert-OH is 2. The summed E-state index contributed by atoms with van der Waals surface area (Å²) in [4.78, 5) is 16.1. The van der Waals surface area contributed by atoms with Crippen molar-refractivity contribution in [2.45, 2.75) is 36.3 Å². The number of nitrogen functional groups attached to an aromatic ring is 1. The molecule has 0 saturated carbocycles. The number of nitrogens with zero attached hydrogens (tertiary/aromatic N) is 2. The SMILES string of the molecule is C[C@H](O)[C@H]1O[C@@H](n2cc(F)c3c(=O)[nH]c(N)nc32)[C@@](Cl)(C#CCF)C1O. The highest BCUT2D eigenvalue weighted by atomic mass is 35.5. The largest absolute Gasteiger partial charge is 0.391 e. The fraction of sp³-hybridized carbons (Fsp3) is 0.467. The molecule has 0 bridgehead atoms. The summed E-state index contributed by atoms with van der Waals surface area (Å²) < 4.78 is 33.5. The van der Waals surface area contributed by atoms with Crippen LogP contribution in [0.25, 0.3) is 11.0 Å². The lowest BCUT2D eigenvalue weighted by Crippen LogP contribution is -2.43. The standard InChI is InChI=1S/C15H15ClF2N4O4/c1-6(23)9-10(24)15(16,3-2-4-17)13(26-9)22-5-7(18)8-11(22)20-14(19)21-12(8)25/h5-6,9-10,13,23-24H,4H2,1H3,(H3,19,20,21,25)/t6-,9+,10?,13+,15+/m0/s1. The molecule has 1 saturated heterocycles. The summed E-state index contributed by atoms with van der Waals surface area (Å²) >= 11 is 6.41. The second kappa shape index (κ2) is 6.51. The minimum atomic E-state index is -1.93. The van der Waals surface area contributed by atoms with Crippen LogP contribution in [0.15, 0.2) is 11.0 Å². The van der Waals surface area contributed by atoms with Crippen LogP contribution in [0.1, 0.15) is 13.2 Å². The van der Waals surface area contributed by atoms with Crippen molar-refractivity contribution in [1.29, 1.82) is 0 Å². The molecule has 3 heterocycles. The van der Waals surface area contributed by atoms with Crippen molar-refractivity contribution in [3.63, 3.8) is 0 Å². The van der Waals surface area contributed by atoms with E-state index in [2.05, 4.69) is 21.8 Å². The molecule has 0 spiro atoms. The van der Waals surface area contributed by atoms with E-state index in [1.165, 1.54) is 6.92 Å². The third-order valence-electron chi connectivity index (χ3n) is 4.12. The van der Waals surface area contributed by atoms with E-state index in [-0.39, 0.29) is 11.6 Å². The van der Waals surface area contributed by atoms with Crippen LogP contribution in [0.3, 0.4) is 0 Å². The number of aromatic amines is 1. The zero-order chi connectivity index (χ0) is 19.2. The van der Waals surface area contributed by atoms with Crippen molar-refractivity contribution < 1.29 is 23.7 Å². The first kappa shape index (κ1) is 18.6. The van der Waals surface area contributed by atoms with E-state index in [0.29, 0.717) is 0 Å². The molecule has 1 aliphatic rings. The molecule has 11 heteroatoms. The molecule has 26 heavy (non-hydrogen) atoms. The number of alkyl halides is 2. The lowest BCUT2D eigenvalue weighted by atomic mass is 9.96. The lowest BCUT2D eigenvalue weighted by molar-refractivity contribution is -0.0752. The molecule has 0 aromatic carbocycles. The van der Waals surface area contributed by atoms with Gasteiger partial charge in [-0.1, -0.05) is 23.4 Å². The highest BCUT2D eigenvalue weighted by molar-refractivity contribution is 6.27. The average molecular weight is 389 g/mol. The molecule has 2 aromatic rings. The summed E-state index contributed by atoms with van der Waals surface area (Å²) in [6.07, 6.45) is -4.37. The quantitative estimate of drug-likeness (QED) is 0.425. The van der Waals surface area contributed by atoms with Crippen LogP contribution in [-0.4, -0.2) is 54.6 Å². The number of halogens is 3. The third-order valence-corrected chi connectivity index (χ3v) is 4.62. The maximum atomic E-state index is 14.3. The van der Waals surface area contributed by atoms with Crippen molar-refractivity contribution in [1.82, 2.24) is 14.5 Å². The third kappa shape index (κ3) is 2.73. The van der Waals surface area contributed by atoms with E-state index < -0.39 is 52.9 Å². The van der Waals surface area contributed by atoms with E-state index in [4.69, 9.17) is 22.1 Å². The predicted molar refractivity (Wildman–Crippen MR) is 88.7 cm³/mol. The summed E-state index contributed by atoms with van der Waals surface area (Å²) in [6, 6.07) is 0. The molecule has 1 aliphatic heterocycles. The Bertz CT molecular complexity index is 966. The van der Waals surface area contributed by atoms with Gasteiger partial charge in [0.05, 0.1) is 6.10 Å². The van der Waals surface area contributed by atoms with E-state index in [0.717, 1.165) is 10.8 Å². The predicted octanol–water partition coefficient (Wildman–Crippen LogP) is 0.0355. The van der Waals surface area contributed by atoms with Crippen LogP contribution in [0.2, 0.25) is 0 Å². The average Bonchev–Trinajstić information content (AvgIpc) is 3.01. The van der Waals surface area contributed by atoms with Gasteiger partial charge in [-0.3, -0.25) is 14.3 Å². The number of hydrogen-bond acceptors (Lipinski definition) is 6. The number of fused-ring (bicyclic) bond motifs is 1. The van der Waals surface area contributed by atoms with Crippen LogP contribution >= 0.6 is 11.6 Å². The molecular weight excluding hydrogens is 374 g/mol. The lowest BCUT2D eigenvalue weighted by Gasteiger charge is -2.25. The number of anilines is 1. The zero-order valence-corrected chi connectivity index (χ0v) is 14.2. The second-order valence-electron chi connectivity index (χ2n) is 5.88. The number of rotatable bonds is 2. The van der Waals surface area contributed by atoms with Crippen LogP contribution in [0, 0.1) is 17.7 Å². The summed E-state index contributed by atoms with van der Waals surface area (Å²) in [6.45, 7) is 0.310. The van der Waals surface area contributed by atoms with Gasteiger partial charge in [0.1, 0.15) is 24.3 Å². The number of aliphatic hydroxyl groups is 2. The summed E-state index contributed by atoms with van der Waals surface area (Å²) in [5.41, 5.74) is 4.50. The Labute approximate surface area is 150 Å². The number of H-pyrrole nitrogens is 1. The Morgan fingerprint density at radius 3 is 2.96 bits per heavy atom. The van der Waals surface area contributed by atoms with Crippen molar-refractivity contribution >= 4 is 28.6 Å². The number of nitrogens with two attached hydrogens (primary N) is 1. The Hall–Kier alpha value is -2.19. The maximum absolute atomic E-state index is 14.3. The van der Waals surface area contributed by atoms with Gasteiger partial charge in [-0.2, -0.15) is 4.98 Å². The summed E-state index contributed by atoms with van der Waals surface area (Å²) in [5, 5.41) is 19.9. The highest BCUT2D eigenvalue weighted by Crippen LogP contribution is 2.45. The van der Waals surface area contributed by atoms with Gasteiger partial charge in [0, 0.05) is 6.20 Å². The first-order valence-electron chi connectivity index (χ1n) is 7.53.